The molecule has 1 N–H and O–H groups in total. The van der Waals surface area contributed by atoms with Gasteiger partial charge in [-0.3, -0.25) is 0 Å². The van der Waals surface area contributed by atoms with Crippen molar-refractivity contribution in [3.8, 4) is 6.07 Å². The SMILES string of the molecule is CC(C)N(CCC#N)C(=O)Nc1cccc(Cl)c1N1CCOCC1. The summed E-state index contributed by atoms with van der Waals surface area (Å²) in [6.07, 6.45) is 0.303. The molecule has 0 spiro atoms. The van der Waals surface area contributed by atoms with Crippen LogP contribution in [0.3, 0.4) is 0 Å². The first-order valence-corrected chi connectivity index (χ1v) is 8.48. The van der Waals surface area contributed by atoms with Crippen LogP contribution in [0, 0.1) is 11.3 Å². The van der Waals surface area contributed by atoms with E-state index in [2.05, 4.69) is 16.3 Å². The molecule has 130 valence electrons. The van der Waals surface area contributed by atoms with Gasteiger partial charge in [0, 0.05) is 25.7 Å². The van der Waals surface area contributed by atoms with Gasteiger partial charge in [-0.05, 0) is 26.0 Å². The smallest absolute Gasteiger partial charge is 0.322 e. The lowest BCUT2D eigenvalue weighted by Crippen LogP contribution is -2.41. The van der Waals surface area contributed by atoms with Gasteiger partial charge in [-0.2, -0.15) is 5.26 Å². The van der Waals surface area contributed by atoms with E-state index in [1.165, 1.54) is 0 Å². The van der Waals surface area contributed by atoms with Crippen molar-refractivity contribution in [2.75, 3.05) is 43.1 Å². The summed E-state index contributed by atoms with van der Waals surface area (Å²) in [6, 6.07) is 7.34. The maximum absolute atomic E-state index is 12.6. The maximum Gasteiger partial charge on any atom is 0.322 e. The van der Waals surface area contributed by atoms with E-state index in [0.29, 0.717) is 36.9 Å². The number of morpholine rings is 1. The summed E-state index contributed by atoms with van der Waals surface area (Å²) >= 11 is 6.38. The van der Waals surface area contributed by atoms with E-state index in [4.69, 9.17) is 21.6 Å². The van der Waals surface area contributed by atoms with Gasteiger partial charge >= 0.3 is 6.03 Å². The largest absolute Gasteiger partial charge is 0.378 e. The molecular formula is C17H23ClN4O2. The van der Waals surface area contributed by atoms with Crippen LogP contribution in [0.1, 0.15) is 20.3 Å². The number of anilines is 2. The fourth-order valence-electron chi connectivity index (χ4n) is 2.68. The standard InChI is InChI=1S/C17H23ClN4O2/c1-13(2)22(8-4-7-19)17(23)20-15-6-3-5-14(18)16(15)21-9-11-24-12-10-21/h3,5-6,13H,4,8-12H2,1-2H3,(H,20,23). The number of carbonyl (C=O) groups is 1. The Morgan fingerprint density at radius 2 is 2.17 bits per heavy atom. The zero-order valence-corrected chi connectivity index (χ0v) is 14.8. The highest BCUT2D eigenvalue weighted by Gasteiger charge is 2.22. The number of nitrogens with one attached hydrogen (secondary N) is 1. The molecule has 0 aliphatic carbocycles. The van der Waals surface area contributed by atoms with Crippen LogP contribution < -0.4 is 10.2 Å². The minimum Gasteiger partial charge on any atom is -0.378 e. The number of nitriles is 1. The number of nitrogens with zero attached hydrogens (tertiary/aromatic N) is 3. The van der Waals surface area contributed by atoms with Crippen molar-refractivity contribution < 1.29 is 9.53 Å². The Kier molecular flexibility index (Phi) is 6.71. The zero-order valence-electron chi connectivity index (χ0n) is 14.1. The second-order valence-electron chi connectivity index (χ2n) is 5.86. The van der Waals surface area contributed by atoms with Gasteiger partial charge in [0.25, 0.3) is 0 Å². The first-order valence-electron chi connectivity index (χ1n) is 8.10. The fraction of sp³-hybridized carbons (Fsp3) is 0.529. The average molecular weight is 351 g/mol. The van der Waals surface area contributed by atoms with Crippen molar-refractivity contribution in [2.45, 2.75) is 26.3 Å². The Labute approximate surface area is 147 Å². The van der Waals surface area contributed by atoms with E-state index in [1.54, 1.807) is 4.90 Å². The molecule has 1 aliphatic rings. The summed E-state index contributed by atoms with van der Waals surface area (Å²) in [5, 5.41) is 12.3. The number of hydrogen-bond donors (Lipinski definition) is 1. The maximum atomic E-state index is 12.6. The van der Waals surface area contributed by atoms with Crippen molar-refractivity contribution in [3.05, 3.63) is 23.2 Å². The van der Waals surface area contributed by atoms with E-state index in [9.17, 15) is 4.79 Å². The molecule has 7 heteroatoms. The molecule has 0 unspecified atom stereocenters. The fourth-order valence-corrected chi connectivity index (χ4v) is 2.97. The number of amides is 2. The number of urea groups is 1. The number of halogens is 1. The van der Waals surface area contributed by atoms with Crippen LogP contribution in [0.5, 0.6) is 0 Å². The Morgan fingerprint density at radius 3 is 2.79 bits per heavy atom. The molecule has 0 aromatic heterocycles. The van der Waals surface area contributed by atoms with Crippen molar-refractivity contribution in [1.29, 1.82) is 5.26 Å². The van der Waals surface area contributed by atoms with E-state index in [1.807, 2.05) is 32.0 Å². The number of hydrogen-bond acceptors (Lipinski definition) is 4. The first kappa shape index (κ1) is 18.4. The predicted molar refractivity (Wildman–Crippen MR) is 95.6 cm³/mol. The summed E-state index contributed by atoms with van der Waals surface area (Å²) in [6.45, 7) is 6.99. The number of ether oxygens (including phenoxy) is 1. The Hall–Kier alpha value is -1.97. The molecule has 0 saturated carbocycles. The third-order valence-electron chi connectivity index (χ3n) is 3.90. The Morgan fingerprint density at radius 1 is 1.46 bits per heavy atom. The van der Waals surface area contributed by atoms with Gasteiger partial charge in [0.1, 0.15) is 0 Å². The molecule has 2 rings (SSSR count). The van der Waals surface area contributed by atoms with Gasteiger partial charge in [0.05, 0.1) is 42.1 Å². The van der Waals surface area contributed by atoms with Crippen LogP contribution in [0.2, 0.25) is 5.02 Å². The highest BCUT2D eigenvalue weighted by molar-refractivity contribution is 6.34. The third kappa shape index (κ3) is 4.53. The minimum absolute atomic E-state index is 0.00405. The second-order valence-corrected chi connectivity index (χ2v) is 6.27. The highest BCUT2D eigenvalue weighted by atomic mass is 35.5. The molecule has 0 bridgehead atoms. The van der Waals surface area contributed by atoms with Crippen molar-refractivity contribution >= 4 is 29.0 Å². The van der Waals surface area contributed by atoms with E-state index in [-0.39, 0.29) is 12.1 Å². The lowest BCUT2D eigenvalue weighted by Gasteiger charge is -2.32. The molecule has 1 aliphatic heterocycles. The third-order valence-corrected chi connectivity index (χ3v) is 4.21. The Balaban J connectivity index is 2.20. The van der Waals surface area contributed by atoms with Crippen molar-refractivity contribution in [1.82, 2.24) is 4.90 Å². The van der Waals surface area contributed by atoms with Gasteiger partial charge < -0.3 is 19.9 Å². The molecule has 1 heterocycles. The molecular weight excluding hydrogens is 328 g/mol. The Bertz CT molecular complexity index is 609. The van der Waals surface area contributed by atoms with Crippen molar-refractivity contribution in [3.63, 3.8) is 0 Å². The summed E-state index contributed by atoms with van der Waals surface area (Å²) in [5.41, 5.74) is 1.50. The number of carbonyl (C=O) groups excluding carboxylic acids is 1. The van der Waals surface area contributed by atoms with Gasteiger partial charge in [-0.1, -0.05) is 17.7 Å². The van der Waals surface area contributed by atoms with Crippen LogP contribution in [0.15, 0.2) is 18.2 Å². The van der Waals surface area contributed by atoms with Crippen LogP contribution in [0.4, 0.5) is 16.2 Å². The summed E-state index contributed by atoms with van der Waals surface area (Å²) in [7, 11) is 0. The summed E-state index contributed by atoms with van der Waals surface area (Å²) in [5.74, 6) is 0. The first-order chi connectivity index (χ1) is 11.5. The van der Waals surface area contributed by atoms with E-state index in [0.717, 1.165) is 18.8 Å². The topological polar surface area (TPSA) is 68.6 Å². The minimum atomic E-state index is -0.225. The average Bonchev–Trinajstić information content (AvgIpc) is 2.56. The van der Waals surface area contributed by atoms with Crippen LogP contribution >= 0.6 is 11.6 Å². The zero-order chi connectivity index (χ0) is 17.5. The predicted octanol–water partition coefficient (Wildman–Crippen LogP) is 3.33. The van der Waals surface area contributed by atoms with Crippen molar-refractivity contribution in [2.24, 2.45) is 0 Å². The molecule has 1 fully saturated rings. The molecule has 6 nitrogen and oxygen atoms in total. The van der Waals surface area contributed by atoms with Gasteiger partial charge in [-0.15, -0.1) is 0 Å². The normalized spacial score (nSPS) is 14.4. The van der Waals surface area contributed by atoms with Gasteiger partial charge in [0.15, 0.2) is 0 Å². The van der Waals surface area contributed by atoms with E-state index >= 15 is 0 Å². The van der Waals surface area contributed by atoms with Crippen LogP contribution in [0.25, 0.3) is 0 Å². The molecule has 2 amide bonds. The van der Waals surface area contributed by atoms with Gasteiger partial charge in [0.2, 0.25) is 0 Å². The second kappa shape index (κ2) is 8.76. The summed E-state index contributed by atoms with van der Waals surface area (Å²) < 4.78 is 5.39. The monoisotopic (exact) mass is 350 g/mol. The van der Waals surface area contributed by atoms with E-state index < -0.39 is 0 Å². The number of rotatable bonds is 5. The molecule has 1 aromatic rings. The number of para-hydroxylation sites is 1. The lowest BCUT2D eigenvalue weighted by molar-refractivity contribution is 0.123. The molecule has 0 radical (unpaired) electrons. The molecule has 1 saturated heterocycles. The van der Waals surface area contributed by atoms with Crippen LogP contribution in [-0.4, -0.2) is 49.8 Å². The molecule has 0 atom stereocenters. The molecule has 1 aromatic carbocycles. The van der Waals surface area contributed by atoms with Crippen LogP contribution in [-0.2, 0) is 4.74 Å². The molecule has 24 heavy (non-hydrogen) atoms. The number of benzene rings is 1. The quantitative estimate of drug-likeness (QED) is 0.884. The highest BCUT2D eigenvalue weighted by Crippen LogP contribution is 2.34. The lowest BCUT2D eigenvalue weighted by atomic mass is 10.2. The summed E-state index contributed by atoms with van der Waals surface area (Å²) in [4.78, 5) is 16.4. The van der Waals surface area contributed by atoms with Gasteiger partial charge in [-0.25, -0.2) is 4.79 Å².